The molecule has 94 valence electrons. The van der Waals surface area contributed by atoms with Crippen LogP contribution in [-0.4, -0.2) is 21.0 Å². The van der Waals surface area contributed by atoms with Gasteiger partial charge in [-0.05, 0) is 26.0 Å². The van der Waals surface area contributed by atoms with Crippen molar-refractivity contribution in [2.75, 3.05) is 11.1 Å². The maximum Gasteiger partial charge on any atom is 0.268 e. The fourth-order valence-electron chi connectivity index (χ4n) is 1.43. The number of amides is 1. The highest BCUT2D eigenvalue weighted by atomic mass is 32.1. The van der Waals surface area contributed by atoms with E-state index in [0.29, 0.717) is 21.4 Å². The Hall–Kier alpha value is -2.15. The summed E-state index contributed by atoms with van der Waals surface area (Å²) in [7, 11) is 0. The molecule has 0 unspecified atom stereocenters. The van der Waals surface area contributed by atoms with Crippen LogP contribution in [0.1, 0.15) is 21.1 Å². The Morgan fingerprint density at radius 2 is 2.11 bits per heavy atom. The molecule has 18 heavy (non-hydrogen) atoms. The molecule has 6 nitrogen and oxygen atoms in total. The molecule has 2 aromatic rings. The normalized spacial score (nSPS) is 10.3. The SMILES string of the molecule is Cc1ccc(O)c(NC(=O)c2sc(N)nc2C)n1. The van der Waals surface area contributed by atoms with Crippen LogP contribution in [0.4, 0.5) is 10.9 Å². The fourth-order valence-corrected chi connectivity index (χ4v) is 2.16. The second-order valence-electron chi connectivity index (χ2n) is 3.74. The van der Waals surface area contributed by atoms with Gasteiger partial charge < -0.3 is 16.2 Å². The molecule has 0 aromatic carbocycles. The van der Waals surface area contributed by atoms with Crippen LogP contribution in [0.3, 0.4) is 0 Å². The quantitative estimate of drug-likeness (QED) is 0.766. The van der Waals surface area contributed by atoms with Crippen molar-refractivity contribution in [2.45, 2.75) is 13.8 Å². The average Bonchev–Trinajstić information content (AvgIpc) is 2.63. The number of thiazole rings is 1. The van der Waals surface area contributed by atoms with E-state index in [1.807, 2.05) is 0 Å². The lowest BCUT2D eigenvalue weighted by molar-refractivity contribution is 0.102. The second kappa shape index (κ2) is 4.61. The lowest BCUT2D eigenvalue weighted by atomic mass is 10.3. The molecule has 0 saturated carbocycles. The Balaban J connectivity index is 2.26. The van der Waals surface area contributed by atoms with Crippen molar-refractivity contribution in [1.29, 1.82) is 0 Å². The van der Waals surface area contributed by atoms with E-state index in [-0.39, 0.29) is 17.5 Å². The van der Waals surface area contributed by atoms with Crippen LogP contribution < -0.4 is 11.1 Å². The largest absolute Gasteiger partial charge is 0.504 e. The molecule has 0 spiro atoms. The number of nitrogens with one attached hydrogen (secondary N) is 1. The topological polar surface area (TPSA) is 101 Å². The smallest absolute Gasteiger partial charge is 0.268 e. The summed E-state index contributed by atoms with van der Waals surface area (Å²) < 4.78 is 0. The predicted octanol–water partition coefficient (Wildman–Crippen LogP) is 1.70. The summed E-state index contributed by atoms with van der Waals surface area (Å²) in [5.41, 5.74) is 6.78. The molecule has 2 heterocycles. The Kier molecular flexibility index (Phi) is 3.15. The van der Waals surface area contributed by atoms with Crippen LogP contribution in [-0.2, 0) is 0 Å². The molecule has 2 rings (SSSR count). The van der Waals surface area contributed by atoms with E-state index >= 15 is 0 Å². The first-order chi connectivity index (χ1) is 8.47. The van der Waals surface area contributed by atoms with Crippen molar-refractivity contribution < 1.29 is 9.90 Å². The van der Waals surface area contributed by atoms with Gasteiger partial charge in [-0.15, -0.1) is 0 Å². The Morgan fingerprint density at radius 3 is 2.72 bits per heavy atom. The van der Waals surface area contributed by atoms with Gasteiger partial charge in [0.2, 0.25) is 0 Å². The minimum atomic E-state index is -0.380. The van der Waals surface area contributed by atoms with Gasteiger partial charge in [-0.2, -0.15) is 0 Å². The van der Waals surface area contributed by atoms with Gasteiger partial charge in [-0.1, -0.05) is 11.3 Å². The van der Waals surface area contributed by atoms with Crippen LogP contribution in [0.5, 0.6) is 5.75 Å². The van der Waals surface area contributed by atoms with E-state index in [4.69, 9.17) is 5.73 Å². The summed E-state index contributed by atoms with van der Waals surface area (Å²) in [5.74, 6) is -0.328. The number of aromatic hydroxyl groups is 1. The highest BCUT2D eigenvalue weighted by Gasteiger charge is 2.16. The molecular formula is C11H12N4O2S. The lowest BCUT2D eigenvalue weighted by Gasteiger charge is -2.06. The zero-order valence-corrected chi connectivity index (χ0v) is 10.7. The maximum atomic E-state index is 12.0. The van der Waals surface area contributed by atoms with Gasteiger partial charge in [-0.3, -0.25) is 4.79 Å². The molecule has 0 aliphatic carbocycles. The summed E-state index contributed by atoms with van der Waals surface area (Å²) in [5, 5.41) is 12.5. The van der Waals surface area contributed by atoms with Gasteiger partial charge >= 0.3 is 0 Å². The van der Waals surface area contributed by atoms with Crippen LogP contribution >= 0.6 is 11.3 Å². The first kappa shape index (κ1) is 12.3. The molecule has 0 bridgehead atoms. The van der Waals surface area contributed by atoms with E-state index in [1.54, 1.807) is 19.9 Å². The molecular weight excluding hydrogens is 252 g/mol. The summed E-state index contributed by atoms with van der Waals surface area (Å²) in [6, 6.07) is 3.13. The number of rotatable bonds is 2. The summed E-state index contributed by atoms with van der Waals surface area (Å²) in [6.45, 7) is 3.47. The molecule has 7 heteroatoms. The highest BCUT2D eigenvalue weighted by Crippen LogP contribution is 2.24. The standard InChI is InChI=1S/C11H12N4O2S/c1-5-3-4-7(16)9(13-5)15-10(17)8-6(2)14-11(12)18-8/h3-4,16H,1-2H3,(H2,12,14)(H,13,15,17). The zero-order chi connectivity index (χ0) is 13.3. The molecule has 2 aromatic heterocycles. The first-order valence-electron chi connectivity index (χ1n) is 5.18. The number of hydrogen-bond acceptors (Lipinski definition) is 6. The van der Waals surface area contributed by atoms with Crippen LogP contribution in [0.15, 0.2) is 12.1 Å². The molecule has 0 atom stereocenters. The third kappa shape index (κ3) is 2.40. The van der Waals surface area contributed by atoms with Crippen LogP contribution in [0.2, 0.25) is 0 Å². The minimum absolute atomic E-state index is 0.0795. The molecule has 0 saturated heterocycles. The van der Waals surface area contributed by atoms with E-state index in [1.165, 1.54) is 6.07 Å². The number of hydrogen-bond donors (Lipinski definition) is 3. The third-order valence-electron chi connectivity index (χ3n) is 2.26. The van der Waals surface area contributed by atoms with Gasteiger partial charge in [0.15, 0.2) is 16.7 Å². The Bertz CT molecular complexity index is 609. The number of carbonyl (C=O) groups excluding carboxylic acids is 1. The molecule has 0 fully saturated rings. The van der Waals surface area contributed by atoms with E-state index in [9.17, 15) is 9.90 Å². The number of nitrogens with zero attached hydrogens (tertiary/aromatic N) is 2. The number of nitrogen functional groups attached to an aromatic ring is 1. The molecule has 4 N–H and O–H groups in total. The number of aromatic nitrogens is 2. The van der Waals surface area contributed by atoms with E-state index in [0.717, 1.165) is 11.3 Å². The van der Waals surface area contributed by atoms with Crippen molar-refractivity contribution >= 4 is 28.2 Å². The first-order valence-corrected chi connectivity index (χ1v) is 6.00. The van der Waals surface area contributed by atoms with Gasteiger partial charge in [-0.25, -0.2) is 9.97 Å². The third-order valence-corrected chi connectivity index (χ3v) is 3.25. The number of nitrogens with two attached hydrogens (primary N) is 1. The van der Waals surface area contributed by atoms with Gasteiger partial charge in [0, 0.05) is 5.69 Å². The maximum absolute atomic E-state index is 12.0. The lowest BCUT2D eigenvalue weighted by Crippen LogP contribution is -2.13. The molecule has 0 aliphatic heterocycles. The summed E-state index contributed by atoms with van der Waals surface area (Å²) >= 11 is 1.10. The fraction of sp³-hybridized carbons (Fsp3) is 0.182. The van der Waals surface area contributed by atoms with E-state index in [2.05, 4.69) is 15.3 Å². The summed E-state index contributed by atoms with van der Waals surface area (Å²) in [4.78, 5) is 20.4. The number of carbonyl (C=O) groups is 1. The molecule has 0 aliphatic rings. The van der Waals surface area contributed by atoms with Crippen LogP contribution in [0, 0.1) is 13.8 Å². The number of aryl methyl sites for hydroxylation is 2. The van der Waals surface area contributed by atoms with Gasteiger partial charge in [0.05, 0.1) is 5.69 Å². The molecule has 1 amide bonds. The highest BCUT2D eigenvalue weighted by molar-refractivity contribution is 7.17. The average molecular weight is 264 g/mol. The Labute approximate surface area is 108 Å². The van der Waals surface area contributed by atoms with Crippen molar-refractivity contribution in [3.63, 3.8) is 0 Å². The number of anilines is 2. The second-order valence-corrected chi connectivity index (χ2v) is 4.77. The minimum Gasteiger partial charge on any atom is -0.504 e. The molecule has 0 radical (unpaired) electrons. The van der Waals surface area contributed by atoms with Crippen molar-refractivity contribution in [3.8, 4) is 5.75 Å². The van der Waals surface area contributed by atoms with Crippen molar-refractivity contribution in [3.05, 3.63) is 28.4 Å². The Morgan fingerprint density at radius 1 is 1.39 bits per heavy atom. The van der Waals surface area contributed by atoms with Gasteiger partial charge in [0.25, 0.3) is 5.91 Å². The zero-order valence-electron chi connectivity index (χ0n) is 9.89. The van der Waals surface area contributed by atoms with E-state index < -0.39 is 0 Å². The predicted molar refractivity (Wildman–Crippen MR) is 69.9 cm³/mol. The van der Waals surface area contributed by atoms with Crippen molar-refractivity contribution in [1.82, 2.24) is 9.97 Å². The number of pyridine rings is 1. The van der Waals surface area contributed by atoms with Crippen molar-refractivity contribution in [2.24, 2.45) is 0 Å². The monoisotopic (exact) mass is 264 g/mol. The summed E-state index contributed by atoms with van der Waals surface area (Å²) in [6.07, 6.45) is 0. The van der Waals surface area contributed by atoms with Crippen LogP contribution in [0.25, 0.3) is 0 Å². The van der Waals surface area contributed by atoms with Gasteiger partial charge in [0.1, 0.15) is 4.88 Å².